The molecule has 3 heterocycles. The third-order valence-electron chi connectivity index (χ3n) is 5.99. The Labute approximate surface area is 211 Å². The molecule has 2 aliphatic rings. The van der Waals surface area contributed by atoms with Gasteiger partial charge in [0.25, 0.3) is 11.8 Å². The van der Waals surface area contributed by atoms with Gasteiger partial charge in [0.05, 0.1) is 11.7 Å². The minimum Gasteiger partial charge on any atom is -0.380 e. The quantitative estimate of drug-likeness (QED) is 0.419. The first-order valence-electron chi connectivity index (χ1n) is 11.1. The Morgan fingerprint density at radius 2 is 2.09 bits per heavy atom. The van der Waals surface area contributed by atoms with Gasteiger partial charge in [-0.05, 0) is 35.8 Å². The topological polar surface area (TPSA) is 129 Å². The van der Waals surface area contributed by atoms with Crippen molar-refractivity contribution in [2.45, 2.75) is 49.2 Å². The molecule has 2 amide bonds. The molecule has 11 heteroatoms. The number of benzene rings is 1. The fraction of sp³-hybridized carbons (Fsp3) is 0.435. The van der Waals surface area contributed by atoms with Gasteiger partial charge in [-0.3, -0.25) is 9.59 Å². The summed E-state index contributed by atoms with van der Waals surface area (Å²) in [5.41, 5.74) is 7.42. The van der Waals surface area contributed by atoms with Gasteiger partial charge < -0.3 is 26.2 Å². The van der Waals surface area contributed by atoms with Crippen LogP contribution in [-0.2, 0) is 16.0 Å². The number of thioether (sulfide) groups is 1. The summed E-state index contributed by atoms with van der Waals surface area (Å²) in [6.45, 7) is 0.735. The highest BCUT2D eigenvalue weighted by Crippen LogP contribution is 2.36. The van der Waals surface area contributed by atoms with Crippen LogP contribution in [0.5, 0.6) is 0 Å². The molecule has 1 aromatic carbocycles. The van der Waals surface area contributed by atoms with Crippen molar-refractivity contribution in [2.24, 2.45) is 0 Å². The predicted octanol–water partition coefficient (Wildman–Crippen LogP) is 2.51. The van der Waals surface area contributed by atoms with Gasteiger partial charge in [-0.1, -0.05) is 35.9 Å². The van der Waals surface area contributed by atoms with Crippen molar-refractivity contribution in [3.8, 4) is 0 Å². The second-order valence-electron chi connectivity index (χ2n) is 8.35. The molecule has 8 nitrogen and oxygen atoms in total. The van der Waals surface area contributed by atoms with Crippen LogP contribution in [0.4, 0.5) is 5.13 Å². The fourth-order valence-corrected chi connectivity index (χ4v) is 6.23. The second kappa shape index (κ2) is 11.1. The summed E-state index contributed by atoms with van der Waals surface area (Å²) in [5, 5.41) is 26.5. The van der Waals surface area contributed by atoms with Gasteiger partial charge in [-0.25, -0.2) is 4.98 Å². The van der Waals surface area contributed by atoms with Crippen molar-refractivity contribution < 1.29 is 19.8 Å². The number of hydrogen-bond donors (Lipinski definition) is 4. The lowest BCUT2D eigenvalue weighted by molar-refractivity contribution is -0.153. The number of carbonyl (C=O) groups is 2. The summed E-state index contributed by atoms with van der Waals surface area (Å²) in [4.78, 5) is 32.2. The number of hydrogen-bond acceptors (Lipinski definition) is 8. The normalized spacial score (nSPS) is 21.9. The summed E-state index contributed by atoms with van der Waals surface area (Å²) in [5.74, 6) is -1.45. The van der Waals surface area contributed by atoms with Crippen LogP contribution in [0.25, 0.3) is 0 Å². The second-order valence-corrected chi connectivity index (χ2v) is 11.1. The zero-order valence-electron chi connectivity index (χ0n) is 18.4. The number of aliphatic hydroxyl groups is 2. The molecule has 5 N–H and O–H groups in total. The largest absolute Gasteiger partial charge is 0.380 e. The van der Waals surface area contributed by atoms with Gasteiger partial charge in [-0.15, -0.1) is 23.1 Å². The Balaban J connectivity index is 1.26. The minimum absolute atomic E-state index is 0.111. The standard InChI is InChI=1S/C23H27ClN4O4S2/c24-16-5-2-1-4-13(16)10-14-7-8-15(34-14)11-26-21(31)19(29)20(30)22(32)28-9-3-6-18(28)17-12-33-23(25)27-17/h1-2,4-5,7,12,15,18-20,29-30H,3,6,8-11H2,(H2,25,27)(H,26,31)/t15?,18-,19-,20-/m1/s1. The molecule has 182 valence electrons. The third kappa shape index (κ3) is 5.75. The number of anilines is 1. The first-order chi connectivity index (χ1) is 16.3. The number of likely N-dealkylation sites (tertiary alicyclic amines) is 1. The van der Waals surface area contributed by atoms with Crippen LogP contribution in [0.15, 0.2) is 40.6 Å². The number of halogens is 1. The van der Waals surface area contributed by atoms with E-state index in [-0.39, 0.29) is 11.3 Å². The average molecular weight is 523 g/mol. The molecule has 2 aromatic rings. The monoisotopic (exact) mass is 522 g/mol. The van der Waals surface area contributed by atoms with Gasteiger partial charge in [0.1, 0.15) is 0 Å². The summed E-state index contributed by atoms with van der Waals surface area (Å²) < 4.78 is 0. The lowest BCUT2D eigenvalue weighted by Gasteiger charge is -2.27. The maximum Gasteiger partial charge on any atom is 0.255 e. The Kier molecular flexibility index (Phi) is 8.15. The van der Waals surface area contributed by atoms with E-state index in [4.69, 9.17) is 17.3 Å². The fourth-order valence-electron chi connectivity index (χ4n) is 4.20. The van der Waals surface area contributed by atoms with Crippen molar-refractivity contribution in [1.29, 1.82) is 0 Å². The number of rotatable bonds is 8. The highest BCUT2D eigenvalue weighted by molar-refractivity contribution is 8.03. The molecule has 0 aliphatic carbocycles. The lowest BCUT2D eigenvalue weighted by atomic mass is 10.1. The molecule has 0 radical (unpaired) electrons. The maximum atomic E-state index is 12.8. The van der Waals surface area contributed by atoms with E-state index >= 15 is 0 Å². The van der Waals surface area contributed by atoms with Gasteiger partial charge >= 0.3 is 0 Å². The number of amides is 2. The number of aliphatic hydroxyl groups excluding tert-OH is 2. The Morgan fingerprint density at radius 3 is 2.82 bits per heavy atom. The molecular formula is C23H27ClN4O4S2. The van der Waals surface area contributed by atoms with Crippen molar-refractivity contribution in [1.82, 2.24) is 15.2 Å². The Morgan fingerprint density at radius 1 is 1.29 bits per heavy atom. The van der Waals surface area contributed by atoms with E-state index in [1.807, 2.05) is 24.3 Å². The smallest absolute Gasteiger partial charge is 0.255 e. The average Bonchev–Trinajstić information content (AvgIpc) is 3.58. The summed E-state index contributed by atoms with van der Waals surface area (Å²) in [7, 11) is 0. The third-order valence-corrected chi connectivity index (χ3v) is 8.36. The number of nitrogens with two attached hydrogens (primary N) is 1. The molecule has 2 aliphatic heterocycles. The first kappa shape index (κ1) is 25.0. The van der Waals surface area contributed by atoms with Crippen LogP contribution in [-0.4, -0.2) is 62.5 Å². The molecule has 1 unspecified atom stereocenters. The van der Waals surface area contributed by atoms with E-state index in [2.05, 4.69) is 16.4 Å². The zero-order valence-corrected chi connectivity index (χ0v) is 20.8. The van der Waals surface area contributed by atoms with Crippen molar-refractivity contribution in [3.63, 3.8) is 0 Å². The van der Waals surface area contributed by atoms with Gasteiger partial charge in [0.2, 0.25) is 0 Å². The summed E-state index contributed by atoms with van der Waals surface area (Å²) >= 11 is 9.18. The molecule has 1 fully saturated rings. The van der Waals surface area contributed by atoms with E-state index in [1.165, 1.54) is 21.1 Å². The summed E-state index contributed by atoms with van der Waals surface area (Å²) in [6.07, 6.45) is 1.36. The molecule has 4 rings (SSSR count). The molecule has 4 atom stereocenters. The minimum atomic E-state index is -1.85. The molecular weight excluding hydrogens is 496 g/mol. The number of nitrogens with zero attached hydrogens (tertiary/aromatic N) is 2. The molecule has 0 spiro atoms. The van der Waals surface area contributed by atoms with E-state index in [1.54, 1.807) is 17.1 Å². The highest BCUT2D eigenvalue weighted by Gasteiger charge is 2.39. The number of carbonyl (C=O) groups excluding carboxylic acids is 2. The molecule has 0 bridgehead atoms. The van der Waals surface area contributed by atoms with Gasteiger partial charge in [-0.2, -0.15) is 0 Å². The zero-order chi connectivity index (χ0) is 24.2. The van der Waals surface area contributed by atoms with Gasteiger partial charge in [0, 0.05) is 35.2 Å². The SMILES string of the molecule is Nc1nc([C@H]2CCCN2C(=O)[C@H](O)[C@@H](O)C(=O)NCC2CC=C(Cc3ccccc3Cl)S2)cs1. The van der Waals surface area contributed by atoms with Crippen LogP contribution in [0, 0.1) is 0 Å². The van der Waals surface area contributed by atoms with E-state index in [0.29, 0.717) is 30.3 Å². The lowest BCUT2D eigenvalue weighted by Crippen LogP contribution is -2.51. The van der Waals surface area contributed by atoms with Crippen molar-refractivity contribution >= 4 is 51.6 Å². The molecule has 1 saturated heterocycles. The molecule has 1 aromatic heterocycles. The number of nitrogens with one attached hydrogen (secondary N) is 1. The highest BCUT2D eigenvalue weighted by atomic mass is 35.5. The number of nitrogen functional groups attached to an aromatic ring is 1. The maximum absolute atomic E-state index is 12.8. The van der Waals surface area contributed by atoms with Crippen LogP contribution >= 0.6 is 34.7 Å². The molecule has 34 heavy (non-hydrogen) atoms. The van der Waals surface area contributed by atoms with Crippen molar-refractivity contribution in [2.75, 3.05) is 18.8 Å². The predicted molar refractivity (Wildman–Crippen MR) is 134 cm³/mol. The van der Waals surface area contributed by atoms with Crippen LogP contribution in [0.1, 0.15) is 36.6 Å². The van der Waals surface area contributed by atoms with Crippen LogP contribution < -0.4 is 11.1 Å². The Hall–Kier alpha value is -2.11. The van der Waals surface area contributed by atoms with E-state index < -0.39 is 24.0 Å². The number of allylic oxidation sites excluding steroid dienone is 2. The van der Waals surface area contributed by atoms with Gasteiger partial charge in [0.15, 0.2) is 17.3 Å². The van der Waals surface area contributed by atoms with E-state index in [9.17, 15) is 19.8 Å². The van der Waals surface area contributed by atoms with E-state index in [0.717, 1.165) is 29.8 Å². The van der Waals surface area contributed by atoms with Crippen LogP contribution in [0.3, 0.4) is 0 Å². The Bertz CT molecular complexity index is 1080. The number of thiazole rings is 1. The number of aromatic nitrogens is 1. The molecule has 0 saturated carbocycles. The van der Waals surface area contributed by atoms with Crippen molar-refractivity contribution in [3.05, 3.63) is 56.9 Å². The first-order valence-corrected chi connectivity index (χ1v) is 13.2. The summed E-state index contributed by atoms with van der Waals surface area (Å²) in [6, 6.07) is 7.37. The van der Waals surface area contributed by atoms with Crippen LogP contribution in [0.2, 0.25) is 5.02 Å².